The van der Waals surface area contributed by atoms with Gasteiger partial charge in [0, 0.05) is 31.9 Å². The second-order valence-electron chi connectivity index (χ2n) is 4.47. The van der Waals surface area contributed by atoms with Gasteiger partial charge in [-0.3, -0.25) is 4.79 Å². The summed E-state index contributed by atoms with van der Waals surface area (Å²) in [4.78, 5) is 16.2. The quantitative estimate of drug-likeness (QED) is 0.886. The zero-order valence-corrected chi connectivity index (χ0v) is 12.1. The van der Waals surface area contributed by atoms with E-state index in [1.165, 1.54) is 19.2 Å². The molecule has 112 valence electrons. The van der Waals surface area contributed by atoms with Gasteiger partial charge in [0.15, 0.2) is 11.6 Å². The number of carbonyl (C=O) groups is 1. The van der Waals surface area contributed by atoms with Crippen molar-refractivity contribution in [2.45, 2.75) is 19.9 Å². The van der Waals surface area contributed by atoms with Crippen LogP contribution < -0.4 is 10.1 Å². The van der Waals surface area contributed by atoms with E-state index in [0.29, 0.717) is 13.1 Å². The molecule has 1 amide bonds. The summed E-state index contributed by atoms with van der Waals surface area (Å²) in [5.74, 6) is -0.0821. The standard InChI is InChI=1S/C15H18FN3O2/c1-3-13-17-7-9-19(13)10-8-18-15(20)11-5-4-6-12(21-2)14(11)16/h4-7,9H,3,8,10H2,1-2H3,(H,18,20). The monoisotopic (exact) mass is 291 g/mol. The van der Waals surface area contributed by atoms with E-state index in [4.69, 9.17) is 4.74 Å². The number of benzene rings is 1. The average molecular weight is 291 g/mol. The van der Waals surface area contributed by atoms with Crippen LogP contribution in [0.5, 0.6) is 5.75 Å². The third-order valence-corrected chi connectivity index (χ3v) is 3.18. The first-order chi connectivity index (χ1) is 10.2. The van der Waals surface area contributed by atoms with Crippen LogP contribution in [0, 0.1) is 5.82 Å². The van der Waals surface area contributed by atoms with Crippen LogP contribution in [0.25, 0.3) is 0 Å². The van der Waals surface area contributed by atoms with Crippen molar-refractivity contribution in [3.63, 3.8) is 0 Å². The number of nitrogens with one attached hydrogen (secondary N) is 1. The number of aryl methyl sites for hydroxylation is 1. The number of rotatable bonds is 6. The lowest BCUT2D eigenvalue weighted by Gasteiger charge is -2.10. The minimum absolute atomic E-state index is 0.0179. The van der Waals surface area contributed by atoms with Gasteiger partial charge in [-0.2, -0.15) is 0 Å². The predicted molar refractivity (Wildman–Crippen MR) is 76.9 cm³/mol. The van der Waals surface area contributed by atoms with Crippen molar-refractivity contribution in [2.75, 3.05) is 13.7 Å². The fraction of sp³-hybridized carbons (Fsp3) is 0.333. The van der Waals surface area contributed by atoms with Crippen LogP contribution in [0.3, 0.4) is 0 Å². The lowest BCUT2D eigenvalue weighted by Crippen LogP contribution is -2.28. The second kappa shape index (κ2) is 6.88. The molecule has 5 nitrogen and oxygen atoms in total. The van der Waals surface area contributed by atoms with Crippen LogP contribution in [0.1, 0.15) is 23.1 Å². The molecule has 2 rings (SSSR count). The minimum Gasteiger partial charge on any atom is -0.494 e. The van der Waals surface area contributed by atoms with E-state index < -0.39 is 11.7 Å². The van der Waals surface area contributed by atoms with E-state index in [1.807, 2.05) is 17.7 Å². The van der Waals surface area contributed by atoms with Gasteiger partial charge in [0.25, 0.3) is 5.91 Å². The van der Waals surface area contributed by atoms with E-state index in [9.17, 15) is 9.18 Å². The largest absolute Gasteiger partial charge is 0.494 e. The van der Waals surface area contributed by atoms with Crippen molar-refractivity contribution in [1.29, 1.82) is 0 Å². The summed E-state index contributed by atoms with van der Waals surface area (Å²) in [5, 5.41) is 2.70. The van der Waals surface area contributed by atoms with Crippen LogP contribution >= 0.6 is 0 Å². The second-order valence-corrected chi connectivity index (χ2v) is 4.47. The number of carbonyl (C=O) groups excluding carboxylic acids is 1. The number of amides is 1. The maximum atomic E-state index is 13.9. The van der Waals surface area contributed by atoms with Gasteiger partial charge >= 0.3 is 0 Å². The Morgan fingerprint density at radius 1 is 1.48 bits per heavy atom. The molecule has 1 N–H and O–H groups in total. The molecule has 6 heteroatoms. The average Bonchev–Trinajstić information content (AvgIpc) is 2.95. The molecule has 21 heavy (non-hydrogen) atoms. The Balaban J connectivity index is 1.96. The molecule has 0 atom stereocenters. The van der Waals surface area contributed by atoms with E-state index in [1.54, 1.807) is 12.3 Å². The van der Waals surface area contributed by atoms with Gasteiger partial charge in [0.1, 0.15) is 5.82 Å². The van der Waals surface area contributed by atoms with Crippen molar-refractivity contribution >= 4 is 5.91 Å². The molecule has 0 bridgehead atoms. The highest BCUT2D eigenvalue weighted by molar-refractivity contribution is 5.94. The molecular formula is C15H18FN3O2. The minimum atomic E-state index is -0.644. The summed E-state index contributed by atoms with van der Waals surface area (Å²) in [6.45, 7) is 3.02. The van der Waals surface area contributed by atoms with Crippen LogP contribution in [-0.2, 0) is 13.0 Å². The molecule has 0 saturated carbocycles. The van der Waals surface area contributed by atoms with Crippen LogP contribution in [0.15, 0.2) is 30.6 Å². The van der Waals surface area contributed by atoms with Crippen LogP contribution in [-0.4, -0.2) is 29.1 Å². The lowest BCUT2D eigenvalue weighted by molar-refractivity contribution is 0.0947. The SMILES string of the molecule is CCc1nccn1CCNC(=O)c1cccc(OC)c1F. The predicted octanol–water partition coefficient (Wildman–Crippen LogP) is 2.02. The highest BCUT2D eigenvalue weighted by atomic mass is 19.1. The first kappa shape index (κ1) is 15.0. The van der Waals surface area contributed by atoms with E-state index in [2.05, 4.69) is 10.3 Å². The maximum Gasteiger partial charge on any atom is 0.254 e. The third-order valence-electron chi connectivity index (χ3n) is 3.18. The number of nitrogens with zero attached hydrogens (tertiary/aromatic N) is 2. The van der Waals surface area contributed by atoms with E-state index >= 15 is 0 Å². The number of aromatic nitrogens is 2. The molecule has 0 aliphatic carbocycles. The molecule has 0 spiro atoms. The molecular weight excluding hydrogens is 273 g/mol. The van der Waals surface area contributed by atoms with Crippen molar-refractivity contribution in [1.82, 2.24) is 14.9 Å². The summed E-state index contributed by atoms with van der Waals surface area (Å²) in [7, 11) is 1.37. The van der Waals surface area contributed by atoms with E-state index in [-0.39, 0.29) is 11.3 Å². The van der Waals surface area contributed by atoms with Crippen molar-refractivity contribution in [3.05, 3.63) is 47.8 Å². The Hall–Kier alpha value is -2.37. The molecule has 0 saturated heterocycles. The van der Waals surface area contributed by atoms with Gasteiger partial charge in [-0.25, -0.2) is 9.37 Å². The zero-order valence-electron chi connectivity index (χ0n) is 12.1. The fourth-order valence-electron chi connectivity index (χ4n) is 2.09. The number of halogens is 1. The number of ether oxygens (including phenoxy) is 1. The highest BCUT2D eigenvalue weighted by Gasteiger charge is 2.14. The normalized spacial score (nSPS) is 10.4. The van der Waals surface area contributed by atoms with Crippen molar-refractivity contribution in [3.8, 4) is 5.75 Å². The number of imidazole rings is 1. The number of methoxy groups -OCH3 is 1. The van der Waals surface area contributed by atoms with Crippen molar-refractivity contribution in [2.24, 2.45) is 0 Å². The Morgan fingerprint density at radius 3 is 3.00 bits per heavy atom. The van der Waals surface area contributed by atoms with Gasteiger partial charge < -0.3 is 14.6 Å². The molecule has 0 unspecified atom stereocenters. The molecule has 1 aromatic carbocycles. The zero-order chi connectivity index (χ0) is 15.2. The number of hydrogen-bond donors (Lipinski definition) is 1. The summed E-state index contributed by atoms with van der Waals surface area (Å²) >= 11 is 0. The molecule has 0 fully saturated rings. The number of hydrogen-bond acceptors (Lipinski definition) is 3. The van der Waals surface area contributed by atoms with Gasteiger partial charge in [-0.1, -0.05) is 13.0 Å². The van der Waals surface area contributed by atoms with Crippen LogP contribution in [0.4, 0.5) is 4.39 Å². The Kier molecular flexibility index (Phi) is 4.92. The van der Waals surface area contributed by atoms with Crippen molar-refractivity contribution < 1.29 is 13.9 Å². The van der Waals surface area contributed by atoms with Gasteiger partial charge in [0.05, 0.1) is 12.7 Å². The van der Waals surface area contributed by atoms with Gasteiger partial charge in [-0.15, -0.1) is 0 Å². The van der Waals surface area contributed by atoms with E-state index in [0.717, 1.165) is 12.2 Å². The molecule has 0 radical (unpaired) electrons. The molecule has 1 heterocycles. The topological polar surface area (TPSA) is 56.2 Å². The van der Waals surface area contributed by atoms with Gasteiger partial charge in [-0.05, 0) is 12.1 Å². The first-order valence-electron chi connectivity index (χ1n) is 6.78. The first-order valence-corrected chi connectivity index (χ1v) is 6.78. The molecule has 0 aliphatic heterocycles. The smallest absolute Gasteiger partial charge is 0.254 e. The molecule has 2 aromatic rings. The molecule has 1 aromatic heterocycles. The summed E-state index contributed by atoms with van der Waals surface area (Å²) in [6.07, 6.45) is 4.41. The summed E-state index contributed by atoms with van der Waals surface area (Å²) in [5.41, 5.74) is -0.0179. The summed E-state index contributed by atoms with van der Waals surface area (Å²) < 4.78 is 20.8. The summed E-state index contributed by atoms with van der Waals surface area (Å²) in [6, 6.07) is 4.49. The molecule has 0 aliphatic rings. The highest BCUT2D eigenvalue weighted by Crippen LogP contribution is 2.19. The van der Waals surface area contributed by atoms with Gasteiger partial charge in [0.2, 0.25) is 0 Å². The Morgan fingerprint density at radius 2 is 2.29 bits per heavy atom. The fourth-order valence-corrected chi connectivity index (χ4v) is 2.09. The lowest BCUT2D eigenvalue weighted by atomic mass is 10.2. The third kappa shape index (κ3) is 3.39. The Bertz CT molecular complexity index is 625. The Labute approximate surface area is 122 Å². The maximum absolute atomic E-state index is 13.9. The van der Waals surface area contributed by atoms with Crippen LogP contribution in [0.2, 0.25) is 0 Å².